The number of anilines is 1. The Morgan fingerprint density at radius 2 is 2.16 bits per heavy atom. The molecule has 1 atom stereocenters. The van der Waals surface area contributed by atoms with Gasteiger partial charge in [0.25, 0.3) is 0 Å². The summed E-state index contributed by atoms with van der Waals surface area (Å²) in [5.41, 5.74) is 1.94. The second-order valence-electron chi connectivity index (χ2n) is 4.99. The summed E-state index contributed by atoms with van der Waals surface area (Å²) >= 11 is 3.72. The molecule has 0 amide bonds. The third-order valence-corrected chi connectivity index (χ3v) is 4.55. The van der Waals surface area contributed by atoms with Crippen molar-refractivity contribution in [2.24, 2.45) is 5.41 Å². The fraction of sp³-hybridized carbons (Fsp3) is 0.538. The van der Waals surface area contributed by atoms with Gasteiger partial charge in [0.1, 0.15) is 0 Å². The van der Waals surface area contributed by atoms with Gasteiger partial charge in [0.15, 0.2) is 0 Å². The van der Waals surface area contributed by atoms with Crippen LogP contribution in [-0.2, 0) is 22.1 Å². The highest BCUT2D eigenvalue weighted by atomic mass is 35.5. The van der Waals surface area contributed by atoms with Gasteiger partial charge in [-0.2, -0.15) is 4.21 Å². The van der Waals surface area contributed by atoms with Gasteiger partial charge >= 0.3 is 11.4 Å². The summed E-state index contributed by atoms with van der Waals surface area (Å²) in [5, 5.41) is 2.20. The molecule has 19 heavy (non-hydrogen) atoms. The van der Waals surface area contributed by atoms with Crippen molar-refractivity contribution < 1.29 is 13.0 Å². The van der Waals surface area contributed by atoms with E-state index in [9.17, 15) is 4.21 Å². The van der Waals surface area contributed by atoms with Crippen molar-refractivity contribution in [1.29, 1.82) is 0 Å². The van der Waals surface area contributed by atoms with Crippen molar-refractivity contribution in [1.82, 2.24) is 0 Å². The molecule has 1 aromatic carbocycles. The fourth-order valence-electron chi connectivity index (χ4n) is 2.66. The van der Waals surface area contributed by atoms with Crippen LogP contribution >= 0.6 is 11.6 Å². The van der Waals surface area contributed by atoms with Crippen molar-refractivity contribution >= 4 is 28.6 Å². The zero-order valence-corrected chi connectivity index (χ0v) is 12.6. The van der Waals surface area contributed by atoms with E-state index in [2.05, 4.69) is 13.8 Å². The second-order valence-corrected chi connectivity index (χ2v) is 6.00. The number of rotatable bonds is 4. The highest BCUT2D eigenvalue weighted by molar-refractivity contribution is 7.74. The van der Waals surface area contributed by atoms with E-state index in [4.69, 9.17) is 20.4 Å². The molecule has 0 fully saturated rings. The molecular weight excluding hydrogens is 286 g/mol. The Kier molecular flexibility index (Phi) is 4.50. The van der Waals surface area contributed by atoms with Crippen LogP contribution < -0.4 is 5.06 Å². The molecule has 106 valence electrons. The number of hydrogen-bond acceptors (Lipinski definition) is 3. The zero-order chi connectivity index (χ0) is 14.0. The van der Waals surface area contributed by atoms with Crippen molar-refractivity contribution in [2.75, 3.05) is 11.6 Å². The summed E-state index contributed by atoms with van der Waals surface area (Å²) in [4.78, 5) is 0. The van der Waals surface area contributed by atoms with Gasteiger partial charge in [-0.25, -0.2) is 5.06 Å². The molecule has 0 bridgehead atoms. The third kappa shape index (κ3) is 3.11. The molecule has 2 rings (SSSR count). The van der Waals surface area contributed by atoms with E-state index in [1.807, 2.05) is 12.1 Å². The van der Waals surface area contributed by atoms with Crippen LogP contribution in [0, 0.1) is 5.41 Å². The Bertz CT molecular complexity index is 491. The molecule has 1 aliphatic rings. The van der Waals surface area contributed by atoms with Gasteiger partial charge in [-0.05, 0) is 48.4 Å². The van der Waals surface area contributed by atoms with Crippen LogP contribution in [0.4, 0.5) is 5.69 Å². The highest BCUT2D eigenvalue weighted by Crippen LogP contribution is 2.42. The maximum Gasteiger partial charge on any atom is 0.325 e. The number of halogens is 1. The Balaban J connectivity index is 2.42. The molecule has 6 heteroatoms. The quantitative estimate of drug-likeness (QED) is 0.864. The normalized spacial score (nSPS) is 19.1. The van der Waals surface area contributed by atoms with Crippen molar-refractivity contribution in [2.45, 2.75) is 33.1 Å². The molecule has 1 unspecified atom stereocenters. The van der Waals surface area contributed by atoms with Crippen LogP contribution in [0.25, 0.3) is 0 Å². The minimum atomic E-state index is -2.32. The average molecular weight is 304 g/mol. The van der Waals surface area contributed by atoms with Crippen molar-refractivity contribution in [3.05, 3.63) is 28.8 Å². The van der Waals surface area contributed by atoms with E-state index in [0.717, 1.165) is 30.5 Å². The van der Waals surface area contributed by atoms with Gasteiger partial charge in [0.05, 0.1) is 12.2 Å². The Morgan fingerprint density at radius 3 is 2.74 bits per heavy atom. The number of benzene rings is 1. The SMILES string of the molecule is CCC1(CC)Cc2cc(Cl)ccc2N(OS(=O)O)C1. The van der Waals surface area contributed by atoms with Gasteiger partial charge in [0, 0.05) is 5.02 Å². The predicted molar refractivity (Wildman–Crippen MR) is 77.4 cm³/mol. The lowest BCUT2D eigenvalue weighted by molar-refractivity contribution is 0.170. The standard InChI is InChI=1S/C13H18ClNO3S/c1-3-13(4-2)8-10-7-11(14)5-6-12(10)15(9-13)18-19(16)17/h5-7H,3-4,8-9H2,1-2H3,(H,16,17). The number of fused-ring (bicyclic) bond motifs is 1. The van der Waals surface area contributed by atoms with Crippen LogP contribution in [0.2, 0.25) is 5.02 Å². The number of hydrogen-bond donors (Lipinski definition) is 1. The fourth-order valence-corrected chi connectivity index (χ4v) is 3.14. The topological polar surface area (TPSA) is 49.8 Å². The first-order valence-corrected chi connectivity index (χ1v) is 7.76. The van der Waals surface area contributed by atoms with Crippen molar-refractivity contribution in [3.63, 3.8) is 0 Å². The first-order valence-electron chi connectivity index (χ1n) is 6.35. The maximum absolute atomic E-state index is 11.0. The van der Waals surface area contributed by atoms with Crippen LogP contribution in [0.1, 0.15) is 32.3 Å². The van der Waals surface area contributed by atoms with Gasteiger partial charge in [-0.1, -0.05) is 25.4 Å². The van der Waals surface area contributed by atoms with Gasteiger partial charge in [0.2, 0.25) is 0 Å². The van der Waals surface area contributed by atoms with E-state index in [1.165, 1.54) is 5.06 Å². The molecule has 1 N–H and O–H groups in total. The minimum Gasteiger partial charge on any atom is -0.282 e. The van der Waals surface area contributed by atoms with Crippen LogP contribution in [-0.4, -0.2) is 15.3 Å². The Hall–Kier alpha value is -0.620. The summed E-state index contributed by atoms with van der Waals surface area (Å²) in [6.45, 7) is 4.88. The van der Waals surface area contributed by atoms with E-state index < -0.39 is 11.4 Å². The average Bonchev–Trinajstić information content (AvgIpc) is 2.37. The lowest BCUT2D eigenvalue weighted by Gasteiger charge is -2.42. The lowest BCUT2D eigenvalue weighted by atomic mass is 9.74. The number of hydroxylamine groups is 1. The van der Waals surface area contributed by atoms with E-state index in [-0.39, 0.29) is 5.41 Å². The zero-order valence-electron chi connectivity index (χ0n) is 11.1. The third-order valence-electron chi connectivity index (χ3n) is 4.01. The minimum absolute atomic E-state index is 0.0526. The first-order chi connectivity index (χ1) is 8.99. The molecule has 1 aliphatic heterocycles. The van der Waals surface area contributed by atoms with Crippen LogP contribution in [0.5, 0.6) is 0 Å². The Morgan fingerprint density at radius 1 is 1.47 bits per heavy atom. The first kappa shape index (κ1) is 14.8. The summed E-state index contributed by atoms with van der Waals surface area (Å²) in [6, 6.07) is 5.51. The number of nitrogens with zero attached hydrogens (tertiary/aromatic N) is 1. The molecule has 0 saturated heterocycles. The van der Waals surface area contributed by atoms with Crippen molar-refractivity contribution in [3.8, 4) is 0 Å². The predicted octanol–water partition coefficient (Wildman–Crippen LogP) is 3.58. The second kappa shape index (κ2) is 5.79. The largest absolute Gasteiger partial charge is 0.325 e. The summed E-state index contributed by atoms with van der Waals surface area (Å²) < 4.78 is 25.0. The molecule has 0 saturated carbocycles. The molecule has 1 aromatic rings. The molecule has 4 nitrogen and oxygen atoms in total. The molecular formula is C13H18ClNO3S. The van der Waals surface area contributed by atoms with Gasteiger partial charge < -0.3 is 0 Å². The van der Waals surface area contributed by atoms with E-state index >= 15 is 0 Å². The molecule has 0 aromatic heterocycles. The smallest absolute Gasteiger partial charge is 0.282 e. The van der Waals surface area contributed by atoms with E-state index in [1.54, 1.807) is 6.07 Å². The molecule has 1 heterocycles. The summed E-state index contributed by atoms with van der Waals surface area (Å²) in [5.74, 6) is 0. The molecule has 0 spiro atoms. The van der Waals surface area contributed by atoms with E-state index in [0.29, 0.717) is 11.6 Å². The lowest BCUT2D eigenvalue weighted by Crippen LogP contribution is -2.43. The summed E-state index contributed by atoms with van der Waals surface area (Å²) in [6.07, 6.45) is 2.87. The Labute approximate surface area is 121 Å². The molecule has 0 aliphatic carbocycles. The monoisotopic (exact) mass is 303 g/mol. The van der Waals surface area contributed by atoms with Gasteiger partial charge in [-0.3, -0.25) is 4.55 Å². The van der Waals surface area contributed by atoms with Crippen LogP contribution in [0.15, 0.2) is 18.2 Å². The molecule has 0 radical (unpaired) electrons. The summed E-state index contributed by atoms with van der Waals surface area (Å²) in [7, 11) is 0. The maximum atomic E-state index is 11.0. The van der Waals surface area contributed by atoms with Crippen LogP contribution in [0.3, 0.4) is 0 Å². The van der Waals surface area contributed by atoms with Gasteiger partial charge in [-0.15, -0.1) is 4.28 Å². The highest BCUT2D eigenvalue weighted by Gasteiger charge is 2.36.